The van der Waals surface area contributed by atoms with Crippen molar-refractivity contribution >= 4 is 0 Å². The molecule has 10 heavy (non-hydrogen) atoms. The van der Waals surface area contributed by atoms with Crippen molar-refractivity contribution < 1.29 is 4.57 Å². The minimum absolute atomic E-state index is 1.25. The highest BCUT2D eigenvalue weighted by atomic mass is 15.0. The van der Waals surface area contributed by atoms with Crippen molar-refractivity contribution in [2.75, 3.05) is 0 Å². The van der Waals surface area contributed by atoms with E-state index < -0.39 is 0 Å². The van der Waals surface area contributed by atoms with Crippen LogP contribution in [0.3, 0.4) is 0 Å². The number of aromatic amines is 1. The maximum Gasteiger partial charge on any atom is 0.241 e. The molecule has 2 nitrogen and oxygen atoms in total. The summed E-state index contributed by atoms with van der Waals surface area (Å²) in [6, 6.07) is 0. The molecule has 2 rings (SSSR count). The van der Waals surface area contributed by atoms with Crippen molar-refractivity contribution in [3.8, 4) is 0 Å². The molecule has 1 aliphatic carbocycles. The van der Waals surface area contributed by atoms with Gasteiger partial charge < -0.3 is 0 Å². The van der Waals surface area contributed by atoms with E-state index in [1.54, 1.807) is 0 Å². The van der Waals surface area contributed by atoms with Gasteiger partial charge in [-0.2, -0.15) is 0 Å². The number of aromatic nitrogens is 2. The summed E-state index contributed by atoms with van der Waals surface area (Å²) in [4.78, 5) is 3.29. The van der Waals surface area contributed by atoms with Gasteiger partial charge in [0.15, 0.2) is 0 Å². The highest BCUT2D eigenvalue weighted by Crippen LogP contribution is 2.14. The SMILES string of the molecule is C[n+]1c[nH]c2c1CCCC2. The molecule has 0 radical (unpaired) electrons. The Hall–Kier alpha value is -0.790. The Kier molecular flexibility index (Phi) is 1.26. The van der Waals surface area contributed by atoms with Crippen LogP contribution in [0.5, 0.6) is 0 Å². The normalized spacial score (nSPS) is 16.9. The lowest BCUT2D eigenvalue weighted by Gasteiger charge is -2.05. The summed E-state index contributed by atoms with van der Waals surface area (Å²) in [7, 11) is 2.11. The van der Waals surface area contributed by atoms with Crippen LogP contribution >= 0.6 is 0 Å². The van der Waals surface area contributed by atoms with E-state index >= 15 is 0 Å². The Bertz CT molecular complexity index is 237. The first-order valence-corrected chi connectivity index (χ1v) is 3.92. The fraction of sp³-hybridized carbons (Fsp3) is 0.625. The summed E-state index contributed by atoms with van der Waals surface area (Å²) in [5.41, 5.74) is 2.96. The third kappa shape index (κ3) is 0.753. The van der Waals surface area contributed by atoms with Gasteiger partial charge in [-0.3, -0.25) is 0 Å². The smallest absolute Gasteiger partial charge is 0.241 e. The molecule has 0 bridgehead atoms. The fourth-order valence-corrected chi connectivity index (χ4v) is 1.69. The van der Waals surface area contributed by atoms with Crippen molar-refractivity contribution in [3.63, 3.8) is 0 Å². The molecule has 0 aliphatic heterocycles. The molecule has 0 aromatic carbocycles. The highest BCUT2D eigenvalue weighted by molar-refractivity contribution is 5.08. The monoisotopic (exact) mass is 137 g/mol. The maximum absolute atomic E-state index is 3.29. The lowest BCUT2D eigenvalue weighted by atomic mass is 10.0. The molecule has 54 valence electrons. The van der Waals surface area contributed by atoms with Gasteiger partial charge in [0.05, 0.1) is 7.05 Å². The molecule has 1 N–H and O–H groups in total. The number of nitrogens with one attached hydrogen (secondary N) is 1. The Labute approximate surface area is 60.9 Å². The van der Waals surface area contributed by atoms with Gasteiger partial charge in [-0.25, -0.2) is 9.55 Å². The zero-order chi connectivity index (χ0) is 6.97. The molecule has 0 spiro atoms. The fourth-order valence-electron chi connectivity index (χ4n) is 1.69. The summed E-state index contributed by atoms with van der Waals surface area (Å²) in [6.07, 6.45) is 7.27. The maximum atomic E-state index is 3.29. The van der Waals surface area contributed by atoms with E-state index in [0.29, 0.717) is 0 Å². The largest absolute Gasteiger partial charge is 0.247 e. The first-order valence-electron chi connectivity index (χ1n) is 3.92. The number of rotatable bonds is 0. The second-order valence-corrected chi connectivity index (χ2v) is 3.02. The predicted octanol–water partition coefficient (Wildman–Crippen LogP) is 0.718. The zero-order valence-electron chi connectivity index (χ0n) is 6.35. The van der Waals surface area contributed by atoms with Crippen LogP contribution in [-0.2, 0) is 19.9 Å². The minimum Gasteiger partial charge on any atom is -0.247 e. The summed E-state index contributed by atoms with van der Waals surface area (Å²) >= 11 is 0. The molecule has 0 saturated carbocycles. The van der Waals surface area contributed by atoms with Crippen molar-refractivity contribution in [2.45, 2.75) is 25.7 Å². The molecular formula is C8H13N2+. The molecule has 1 heterocycles. The van der Waals surface area contributed by atoms with E-state index in [0.717, 1.165) is 0 Å². The lowest BCUT2D eigenvalue weighted by Crippen LogP contribution is -2.31. The lowest BCUT2D eigenvalue weighted by molar-refractivity contribution is -0.678. The van der Waals surface area contributed by atoms with Gasteiger partial charge >= 0.3 is 0 Å². The molecule has 1 aromatic heterocycles. The summed E-state index contributed by atoms with van der Waals surface area (Å²) in [5, 5.41) is 0. The van der Waals surface area contributed by atoms with E-state index in [-0.39, 0.29) is 0 Å². The minimum atomic E-state index is 1.25. The summed E-state index contributed by atoms with van der Waals surface area (Å²) < 4.78 is 2.20. The van der Waals surface area contributed by atoms with Crippen molar-refractivity contribution in [2.24, 2.45) is 7.05 Å². The molecule has 0 amide bonds. The first-order chi connectivity index (χ1) is 4.88. The van der Waals surface area contributed by atoms with E-state index in [1.807, 2.05) is 0 Å². The molecule has 0 atom stereocenters. The van der Waals surface area contributed by atoms with Crippen molar-refractivity contribution in [1.82, 2.24) is 4.98 Å². The average molecular weight is 137 g/mol. The third-order valence-corrected chi connectivity index (χ3v) is 2.30. The average Bonchev–Trinajstić information content (AvgIpc) is 2.34. The third-order valence-electron chi connectivity index (χ3n) is 2.30. The molecule has 0 unspecified atom stereocenters. The van der Waals surface area contributed by atoms with E-state index in [2.05, 4.69) is 22.9 Å². The number of nitrogens with zero attached hydrogens (tertiary/aromatic N) is 1. The van der Waals surface area contributed by atoms with Crippen LogP contribution in [0.1, 0.15) is 24.2 Å². The van der Waals surface area contributed by atoms with Crippen molar-refractivity contribution in [1.29, 1.82) is 0 Å². The Morgan fingerprint density at radius 1 is 1.40 bits per heavy atom. The topological polar surface area (TPSA) is 19.7 Å². The van der Waals surface area contributed by atoms with Crippen LogP contribution in [0.25, 0.3) is 0 Å². The van der Waals surface area contributed by atoms with Crippen LogP contribution in [0.2, 0.25) is 0 Å². The molecule has 1 aliphatic rings. The Morgan fingerprint density at radius 2 is 2.20 bits per heavy atom. The molecule has 1 aromatic rings. The number of hydrogen-bond acceptors (Lipinski definition) is 0. The number of hydrogen-bond donors (Lipinski definition) is 1. The van der Waals surface area contributed by atoms with Gasteiger partial charge in [0.25, 0.3) is 0 Å². The van der Waals surface area contributed by atoms with Crippen molar-refractivity contribution in [3.05, 3.63) is 17.7 Å². The van der Waals surface area contributed by atoms with Gasteiger partial charge in [-0.15, -0.1) is 0 Å². The Morgan fingerprint density at radius 3 is 3.00 bits per heavy atom. The highest BCUT2D eigenvalue weighted by Gasteiger charge is 2.18. The molecular weight excluding hydrogens is 124 g/mol. The van der Waals surface area contributed by atoms with Crippen LogP contribution in [0.4, 0.5) is 0 Å². The van der Waals surface area contributed by atoms with Gasteiger partial charge in [-0.1, -0.05) is 0 Å². The molecule has 0 fully saturated rings. The number of H-pyrrole nitrogens is 1. The quantitative estimate of drug-likeness (QED) is 0.508. The first kappa shape index (κ1) is 5.96. The summed E-state index contributed by atoms with van der Waals surface area (Å²) in [6.45, 7) is 0. The van der Waals surface area contributed by atoms with Crippen LogP contribution < -0.4 is 4.57 Å². The number of fused-ring (bicyclic) bond motifs is 1. The van der Waals surface area contributed by atoms with E-state index in [1.165, 1.54) is 37.1 Å². The second-order valence-electron chi connectivity index (χ2n) is 3.02. The van der Waals surface area contributed by atoms with Gasteiger partial charge in [0.2, 0.25) is 6.33 Å². The summed E-state index contributed by atoms with van der Waals surface area (Å²) in [5.74, 6) is 0. The molecule has 0 saturated heterocycles. The van der Waals surface area contributed by atoms with E-state index in [9.17, 15) is 0 Å². The predicted molar refractivity (Wildman–Crippen MR) is 38.6 cm³/mol. The van der Waals surface area contributed by atoms with Gasteiger partial charge in [0.1, 0.15) is 11.4 Å². The van der Waals surface area contributed by atoms with Crippen LogP contribution in [-0.4, -0.2) is 4.98 Å². The standard InChI is InChI=1S/C8H12N2/c1-10-6-9-7-4-2-3-5-8(7)10/h6H,2-5H2,1H3/p+1. The Balaban J connectivity index is 2.45. The van der Waals surface area contributed by atoms with Gasteiger partial charge in [-0.05, 0) is 12.8 Å². The molecule has 2 heteroatoms. The second kappa shape index (κ2) is 2.11. The van der Waals surface area contributed by atoms with Crippen LogP contribution in [0.15, 0.2) is 6.33 Å². The number of imidazole rings is 1. The zero-order valence-corrected chi connectivity index (χ0v) is 6.35. The van der Waals surface area contributed by atoms with E-state index in [4.69, 9.17) is 0 Å². The van der Waals surface area contributed by atoms with Gasteiger partial charge in [0, 0.05) is 12.8 Å². The van der Waals surface area contributed by atoms with Crippen LogP contribution in [0, 0.1) is 0 Å². The number of aryl methyl sites for hydroxylation is 2.